The van der Waals surface area contributed by atoms with E-state index in [1.54, 1.807) is 6.20 Å². The summed E-state index contributed by atoms with van der Waals surface area (Å²) in [5.41, 5.74) is 3.48. The molecule has 0 radical (unpaired) electrons. The van der Waals surface area contributed by atoms with Gasteiger partial charge in [-0.05, 0) is 18.4 Å². The molecule has 54 valence electrons. The van der Waals surface area contributed by atoms with Crippen LogP contribution in [0.4, 0.5) is 0 Å². The third-order valence-electron chi connectivity index (χ3n) is 1.57. The molecule has 4 heteroatoms. The normalized spacial score (nSPS) is 35.9. The quantitative estimate of drug-likeness (QED) is 0.412. The van der Waals surface area contributed by atoms with E-state index in [-0.39, 0.29) is 6.04 Å². The highest BCUT2D eigenvalue weighted by Crippen LogP contribution is 2.15. The summed E-state index contributed by atoms with van der Waals surface area (Å²) in [7, 11) is 0. The van der Waals surface area contributed by atoms with Gasteiger partial charge in [0.2, 0.25) is 6.29 Å². The van der Waals surface area contributed by atoms with E-state index in [0.717, 1.165) is 5.70 Å². The Hall–Kier alpha value is -1.00. The highest BCUT2D eigenvalue weighted by Gasteiger charge is 2.31. The Bertz CT molecular complexity index is 200. The van der Waals surface area contributed by atoms with Crippen LogP contribution in [0.1, 0.15) is 0 Å². The van der Waals surface area contributed by atoms with Crippen molar-refractivity contribution in [3.63, 3.8) is 0 Å². The Balaban J connectivity index is 2.23. The number of rotatable bonds is 0. The van der Waals surface area contributed by atoms with Crippen LogP contribution in [-0.4, -0.2) is 17.4 Å². The molecule has 10 heavy (non-hydrogen) atoms. The molecule has 0 aromatic rings. The Kier molecular flexibility index (Phi) is 1.15. The van der Waals surface area contributed by atoms with Gasteiger partial charge < -0.3 is 10.4 Å². The number of hydrogen-bond acceptors (Lipinski definition) is 4. The van der Waals surface area contributed by atoms with Gasteiger partial charge in [-0.15, -0.1) is 0 Å². The summed E-state index contributed by atoms with van der Waals surface area (Å²) in [6, 6.07) is -0.120. The number of fused-ring (bicyclic) bond motifs is 1. The van der Waals surface area contributed by atoms with Crippen LogP contribution < -0.4 is 10.8 Å². The molecular formula is C6H8N2O2. The second-order valence-corrected chi connectivity index (χ2v) is 2.24. The maximum atomic E-state index is 9.10. The van der Waals surface area contributed by atoms with Crippen LogP contribution in [-0.2, 0) is 4.84 Å². The Labute approximate surface area is 58.1 Å². The van der Waals surface area contributed by atoms with E-state index in [2.05, 4.69) is 10.8 Å². The van der Waals surface area contributed by atoms with E-state index in [1.165, 1.54) is 0 Å². The number of nitrogens with one attached hydrogen (secondary N) is 2. The molecule has 3 N–H and O–H groups in total. The molecule has 0 amide bonds. The minimum atomic E-state index is -0.781. The maximum absolute atomic E-state index is 9.10. The molecule has 2 unspecified atom stereocenters. The predicted molar refractivity (Wildman–Crippen MR) is 34.4 cm³/mol. The van der Waals surface area contributed by atoms with Gasteiger partial charge in [0.1, 0.15) is 6.04 Å². The van der Waals surface area contributed by atoms with Crippen LogP contribution in [0, 0.1) is 0 Å². The molecule has 0 aromatic heterocycles. The zero-order valence-corrected chi connectivity index (χ0v) is 5.24. The lowest BCUT2D eigenvalue weighted by atomic mass is 10.2. The predicted octanol–water partition coefficient (Wildman–Crippen LogP) is -0.791. The molecule has 2 heterocycles. The third kappa shape index (κ3) is 0.698. The van der Waals surface area contributed by atoms with Crippen molar-refractivity contribution < 1.29 is 9.94 Å². The summed E-state index contributed by atoms with van der Waals surface area (Å²) in [6.07, 6.45) is 4.70. The molecule has 1 fully saturated rings. The highest BCUT2D eigenvalue weighted by atomic mass is 16.7. The molecule has 2 aliphatic rings. The number of aliphatic hydroxyl groups excluding tert-OH is 1. The van der Waals surface area contributed by atoms with Crippen molar-refractivity contribution in [2.24, 2.45) is 0 Å². The zero-order chi connectivity index (χ0) is 6.97. The Morgan fingerprint density at radius 3 is 3.30 bits per heavy atom. The van der Waals surface area contributed by atoms with Crippen molar-refractivity contribution >= 4 is 0 Å². The first kappa shape index (κ1) is 5.76. The molecule has 2 atom stereocenters. The minimum Gasteiger partial charge on any atom is -0.378 e. The fraction of sp³-hybridized carbons (Fsp3) is 0.333. The molecule has 2 rings (SSSR count). The van der Waals surface area contributed by atoms with Crippen LogP contribution in [0.25, 0.3) is 0 Å². The van der Waals surface area contributed by atoms with Gasteiger partial charge in [-0.2, -0.15) is 0 Å². The van der Waals surface area contributed by atoms with E-state index in [9.17, 15) is 0 Å². The van der Waals surface area contributed by atoms with Crippen molar-refractivity contribution in [1.82, 2.24) is 10.8 Å². The number of aliphatic hydroxyl groups is 1. The van der Waals surface area contributed by atoms with E-state index in [0.29, 0.717) is 0 Å². The van der Waals surface area contributed by atoms with Crippen LogP contribution in [0.3, 0.4) is 0 Å². The van der Waals surface area contributed by atoms with Gasteiger partial charge in [-0.25, -0.2) is 4.84 Å². The van der Waals surface area contributed by atoms with Crippen LogP contribution >= 0.6 is 0 Å². The summed E-state index contributed by atoms with van der Waals surface area (Å²) >= 11 is 0. The SMILES string of the molecule is OC1ONC2=CC=CNC21. The first-order valence-electron chi connectivity index (χ1n) is 3.10. The largest absolute Gasteiger partial charge is 0.378 e. The average Bonchev–Trinajstić information content (AvgIpc) is 2.34. The van der Waals surface area contributed by atoms with Crippen molar-refractivity contribution in [3.05, 3.63) is 24.0 Å². The molecular weight excluding hydrogens is 132 g/mol. The first-order valence-corrected chi connectivity index (χ1v) is 3.10. The second kappa shape index (κ2) is 2.00. The number of hydrogen-bond donors (Lipinski definition) is 3. The molecule has 2 aliphatic heterocycles. The molecule has 1 saturated heterocycles. The standard InChI is InChI=1S/C6H8N2O2/c9-6-5-4(8-10-6)2-1-3-7-5/h1-3,5-9H. The lowest BCUT2D eigenvalue weighted by Gasteiger charge is -2.14. The fourth-order valence-electron chi connectivity index (χ4n) is 1.03. The van der Waals surface area contributed by atoms with E-state index >= 15 is 0 Å². The number of dihydropyridines is 1. The fourth-order valence-corrected chi connectivity index (χ4v) is 1.03. The summed E-state index contributed by atoms with van der Waals surface area (Å²) < 4.78 is 0. The molecule has 0 spiro atoms. The summed E-state index contributed by atoms with van der Waals surface area (Å²) in [5.74, 6) is 0. The summed E-state index contributed by atoms with van der Waals surface area (Å²) in [6.45, 7) is 0. The second-order valence-electron chi connectivity index (χ2n) is 2.24. The zero-order valence-electron chi connectivity index (χ0n) is 5.24. The third-order valence-corrected chi connectivity index (χ3v) is 1.57. The van der Waals surface area contributed by atoms with Crippen molar-refractivity contribution in [1.29, 1.82) is 0 Å². The van der Waals surface area contributed by atoms with E-state index in [4.69, 9.17) is 9.94 Å². The van der Waals surface area contributed by atoms with E-state index in [1.807, 2.05) is 12.2 Å². The Morgan fingerprint density at radius 2 is 2.50 bits per heavy atom. The molecule has 0 bridgehead atoms. The highest BCUT2D eigenvalue weighted by molar-refractivity contribution is 5.23. The smallest absolute Gasteiger partial charge is 0.207 e. The lowest BCUT2D eigenvalue weighted by Crippen LogP contribution is -2.35. The monoisotopic (exact) mass is 140 g/mol. The van der Waals surface area contributed by atoms with Gasteiger partial charge in [-0.3, -0.25) is 5.48 Å². The lowest BCUT2D eigenvalue weighted by molar-refractivity contribution is -0.106. The van der Waals surface area contributed by atoms with Crippen molar-refractivity contribution in [3.8, 4) is 0 Å². The minimum absolute atomic E-state index is 0.120. The van der Waals surface area contributed by atoms with E-state index < -0.39 is 6.29 Å². The molecule has 4 nitrogen and oxygen atoms in total. The summed E-state index contributed by atoms with van der Waals surface area (Å²) in [5, 5.41) is 12.0. The van der Waals surface area contributed by atoms with Gasteiger partial charge in [0.05, 0.1) is 5.70 Å². The number of allylic oxidation sites excluding steroid dienone is 2. The van der Waals surface area contributed by atoms with Crippen molar-refractivity contribution in [2.75, 3.05) is 0 Å². The van der Waals surface area contributed by atoms with Gasteiger partial charge in [0.15, 0.2) is 0 Å². The first-order chi connectivity index (χ1) is 4.88. The van der Waals surface area contributed by atoms with Gasteiger partial charge >= 0.3 is 0 Å². The van der Waals surface area contributed by atoms with Crippen LogP contribution in [0.5, 0.6) is 0 Å². The van der Waals surface area contributed by atoms with Crippen LogP contribution in [0.2, 0.25) is 0 Å². The molecule has 0 saturated carbocycles. The van der Waals surface area contributed by atoms with Gasteiger partial charge in [-0.1, -0.05) is 0 Å². The van der Waals surface area contributed by atoms with Gasteiger partial charge in [0.25, 0.3) is 0 Å². The summed E-state index contributed by atoms with van der Waals surface area (Å²) in [4.78, 5) is 4.73. The Morgan fingerprint density at radius 1 is 1.60 bits per heavy atom. The van der Waals surface area contributed by atoms with Crippen molar-refractivity contribution in [2.45, 2.75) is 12.3 Å². The maximum Gasteiger partial charge on any atom is 0.207 e. The van der Waals surface area contributed by atoms with Crippen LogP contribution in [0.15, 0.2) is 24.0 Å². The average molecular weight is 140 g/mol. The topological polar surface area (TPSA) is 53.5 Å². The number of hydroxylamine groups is 1. The van der Waals surface area contributed by atoms with Gasteiger partial charge in [0, 0.05) is 0 Å². The molecule has 0 aliphatic carbocycles. The molecule has 0 aromatic carbocycles.